The van der Waals surface area contributed by atoms with Crippen LogP contribution >= 0.6 is 0 Å². The maximum absolute atomic E-state index is 5.66. The van der Waals surface area contributed by atoms with Gasteiger partial charge in [-0.15, -0.1) is 5.10 Å². The highest BCUT2D eigenvalue weighted by molar-refractivity contribution is 5.93. The number of hydrogen-bond acceptors (Lipinski definition) is 5. The van der Waals surface area contributed by atoms with Gasteiger partial charge in [-0.3, -0.25) is 4.98 Å². The summed E-state index contributed by atoms with van der Waals surface area (Å²) in [5, 5.41) is 15.0. The fraction of sp³-hybridized carbons (Fsp3) is 0.435. The third-order valence-corrected chi connectivity index (χ3v) is 5.70. The average molecular weight is 377 g/mol. The molecule has 0 radical (unpaired) electrons. The van der Waals surface area contributed by atoms with Crippen LogP contribution in [0.15, 0.2) is 42.6 Å². The summed E-state index contributed by atoms with van der Waals surface area (Å²) in [7, 11) is 0. The summed E-state index contributed by atoms with van der Waals surface area (Å²) in [5.41, 5.74) is 3.24. The second-order valence-corrected chi connectivity index (χ2v) is 7.88. The highest BCUT2D eigenvalue weighted by atomic mass is 16.5. The molecule has 3 atom stereocenters. The minimum Gasteiger partial charge on any atom is -0.378 e. The van der Waals surface area contributed by atoms with Gasteiger partial charge in [-0.05, 0) is 50.3 Å². The number of fused-ring (bicyclic) bond motifs is 1. The van der Waals surface area contributed by atoms with Crippen LogP contribution in [0.25, 0.3) is 10.8 Å². The number of ether oxygens (including phenoxy) is 1. The highest BCUT2D eigenvalue weighted by Crippen LogP contribution is 2.31. The Morgan fingerprint density at radius 3 is 2.79 bits per heavy atom. The van der Waals surface area contributed by atoms with Crippen LogP contribution in [-0.2, 0) is 4.74 Å². The second kappa shape index (κ2) is 8.23. The van der Waals surface area contributed by atoms with Crippen molar-refractivity contribution in [3.05, 3.63) is 59.5 Å². The summed E-state index contributed by atoms with van der Waals surface area (Å²) in [5.74, 6) is 1.64. The first kappa shape index (κ1) is 18.8. The molecule has 0 spiro atoms. The van der Waals surface area contributed by atoms with Gasteiger partial charge in [0.15, 0.2) is 5.82 Å². The lowest BCUT2D eigenvalue weighted by atomic mass is 9.94. The van der Waals surface area contributed by atoms with Crippen LogP contribution in [0.5, 0.6) is 0 Å². The highest BCUT2D eigenvalue weighted by Gasteiger charge is 2.21. The molecule has 3 unspecified atom stereocenters. The molecule has 0 bridgehead atoms. The number of benzene rings is 1. The van der Waals surface area contributed by atoms with Crippen molar-refractivity contribution in [2.75, 3.05) is 18.5 Å². The summed E-state index contributed by atoms with van der Waals surface area (Å²) < 4.78 is 5.66. The summed E-state index contributed by atoms with van der Waals surface area (Å²) >= 11 is 0. The predicted octanol–water partition coefficient (Wildman–Crippen LogP) is 4.71. The van der Waals surface area contributed by atoms with Crippen LogP contribution in [0.4, 0.5) is 5.82 Å². The molecular formula is C23H28N4O. The lowest BCUT2D eigenvalue weighted by Crippen LogP contribution is -2.28. The van der Waals surface area contributed by atoms with E-state index < -0.39 is 0 Å². The van der Waals surface area contributed by atoms with E-state index in [4.69, 9.17) is 4.74 Å². The average Bonchev–Trinajstić information content (AvgIpc) is 2.71. The molecule has 0 amide bonds. The molecule has 0 aliphatic carbocycles. The van der Waals surface area contributed by atoms with E-state index in [2.05, 4.69) is 70.7 Å². The van der Waals surface area contributed by atoms with E-state index >= 15 is 0 Å². The van der Waals surface area contributed by atoms with Gasteiger partial charge in [0.2, 0.25) is 0 Å². The summed E-state index contributed by atoms with van der Waals surface area (Å²) in [4.78, 5) is 4.31. The minimum atomic E-state index is 0.157. The van der Waals surface area contributed by atoms with E-state index in [1.165, 1.54) is 5.56 Å². The van der Waals surface area contributed by atoms with E-state index in [0.29, 0.717) is 12.0 Å². The topological polar surface area (TPSA) is 59.9 Å². The Hall–Kier alpha value is -2.53. The zero-order valence-corrected chi connectivity index (χ0v) is 16.9. The molecule has 4 rings (SSSR count). The Balaban J connectivity index is 1.61. The molecule has 1 aliphatic rings. The predicted molar refractivity (Wildman–Crippen MR) is 113 cm³/mol. The number of pyridine rings is 1. The van der Waals surface area contributed by atoms with Crippen LogP contribution < -0.4 is 5.32 Å². The number of aromatic nitrogens is 3. The molecule has 5 heteroatoms. The number of nitrogens with one attached hydrogen (secondary N) is 1. The van der Waals surface area contributed by atoms with Crippen molar-refractivity contribution in [2.24, 2.45) is 5.92 Å². The third-order valence-electron chi connectivity index (χ3n) is 5.70. The Kier molecular flexibility index (Phi) is 5.53. The van der Waals surface area contributed by atoms with Gasteiger partial charge in [0.25, 0.3) is 0 Å². The van der Waals surface area contributed by atoms with Crippen LogP contribution in [0.1, 0.15) is 49.6 Å². The summed E-state index contributed by atoms with van der Waals surface area (Å²) in [6.45, 7) is 8.11. The quantitative estimate of drug-likeness (QED) is 0.699. The largest absolute Gasteiger partial charge is 0.378 e. The molecule has 2 aromatic heterocycles. The zero-order valence-electron chi connectivity index (χ0n) is 16.9. The maximum atomic E-state index is 5.66. The molecular weight excluding hydrogens is 348 g/mol. The summed E-state index contributed by atoms with van der Waals surface area (Å²) in [6, 6.07) is 12.6. The minimum absolute atomic E-state index is 0.157. The monoisotopic (exact) mass is 376 g/mol. The van der Waals surface area contributed by atoms with Crippen molar-refractivity contribution in [3.8, 4) is 0 Å². The van der Waals surface area contributed by atoms with E-state index in [9.17, 15) is 0 Å². The molecule has 0 saturated carbocycles. The first-order valence-corrected chi connectivity index (χ1v) is 10.1. The van der Waals surface area contributed by atoms with Gasteiger partial charge < -0.3 is 10.1 Å². The molecule has 1 saturated heterocycles. The molecule has 1 aromatic carbocycles. The number of hydrogen-bond donors (Lipinski definition) is 1. The van der Waals surface area contributed by atoms with Crippen molar-refractivity contribution >= 4 is 16.6 Å². The number of nitrogens with zero attached hydrogens (tertiary/aromatic N) is 3. The molecule has 3 heterocycles. The van der Waals surface area contributed by atoms with Crippen LogP contribution in [0, 0.1) is 12.8 Å². The Morgan fingerprint density at radius 2 is 2.00 bits per heavy atom. The van der Waals surface area contributed by atoms with Gasteiger partial charge in [-0.25, -0.2) is 0 Å². The van der Waals surface area contributed by atoms with Crippen molar-refractivity contribution in [2.45, 2.75) is 45.6 Å². The van der Waals surface area contributed by atoms with E-state index in [0.717, 1.165) is 54.0 Å². The molecule has 1 N–H and O–H groups in total. The van der Waals surface area contributed by atoms with Crippen LogP contribution in [-0.4, -0.2) is 34.4 Å². The van der Waals surface area contributed by atoms with Gasteiger partial charge in [0.05, 0.1) is 11.8 Å². The van der Waals surface area contributed by atoms with Crippen LogP contribution in [0.2, 0.25) is 0 Å². The molecule has 3 aromatic rings. The molecule has 1 aliphatic heterocycles. The fourth-order valence-electron chi connectivity index (χ4n) is 4.09. The standard InChI is InChI=1S/C23H28N4O/c1-15-12-19(8-10-24-15)17(3)22-20-6-4-5-7-21(20)23(27-26-22)25-14-18-9-11-28-16(2)13-18/h4-8,10,12,16-18H,9,11,13-14H2,1-3H3,(H,25,27). The van der Waals surface area contributed by atoms with E-state index in [-0.39, 0.29) is 5.92 Å². The Labute approximate surface area is 166 Å². The molecule has 1 fully saturated rings. The number of anilines is 1. The lowest BCUT2D eigenvalue weighted by Gasteiger charge is -2.27. The smallest absolute Gasteiger partial charge is 0.156 e. The van der Waals surface area contributed by atoms with Crippen molar-refractivity contribution in [1.29, 1.82) is 0 Å². The molecule has 5 nitrogen and oxygen atoms in total. The van der Waals surface area contributed by atoms with Gasteiger partial charge in [-0.1, -0.05) is 31.2 Å². The van der Waals surface area contributed by atoms with Gasteiger partial charge >= 0.3 is 0 Å². The zero-order chi connectivity index (χ0) is 19.5. The molecule has 28 heavy (non-hydrogen) atoms. The summed E-state index contributed by atoms with van der Waals surface area (Å²) in [6.07, 6.45) is 4.39. The van der Waals surface area contributed by atoms with Crippen molar-refractivity contribution in [1.82, 2.24) is 15.2 Å². The number of rotatable bonds is 5. The fourth-order valence-corrected chi connectivity index (χ4v) is 4.09. The Bertz CT molecular complexity index is 958. The van der Waals surface area contributed by atoms with Crippen molar-refractivity contribution < 1.29 is 4.74 Å². The molecule has 146 valence electrons. The Morgan fingerprint density at radius 1 is 1.18 bits per heavy atom. The number of aryl methyl sites for hydroxylation is 1. The van der Waals surface area contributed by atoms with Gasteiger partial charge in [0, 0.05) is 41.7 Å². The van der Waals surface area contributed by atoms with Gasteiger partial charge in [-0.2, -0.15) is 5.10 Å². The first-order chi connectivity index (χ1) is 13.6. The van der Waals surface area contributed by atoms with Crippen LogP contribution in [0.3, 0.4) is 0 Å². The second-order valence-electron chi connectivity index (χ2n) is 7.88. The maximum Gasteiger partial charge on any atom is 0.156 e. The SMILES string of the molecule is Cc1cc(C(C)c2nnc(NCC3CCOC(C)C3)c3ccccc23)ccn1. The lowest BCUT2D eigenvalue weighted by molar-refractivity contribution is 0.00557. The first-order valence-electron chi connectivity index (χ1n) is 10.1. The normalized spacial score (nSPS) is 20.8. The van der Waals surface area contributed by atoms with E-state index in [1.807, 2.05) is 13.1 Å². The third kappa shape index (κ3) is 3.99. The van der Waals surface area contributed by atoms with Gasteiger partial charge in [0.1, 0.15) is 0 Å². The van der Waals surface area contributed by atoms with E-state index in [1.54, 1.807) is 0 Å². The van der Waals surface area contributed by atoms with Crippen molar-refractivity contribution in [3.63, 3.8) is 0 Å².